The number of rotatable bonds is 6. The van der Waals surface area contributed by atoms with Crippen LogP contribution in [0.25, 0.3) is 0 Å². The molecule has 6 nitrogen and oxygen atoms in total. The van der Waals surface area contributed by atoms with E-state index in [1.807, 2.05) is 0 Å². The lowest BCUT2D eigenvalue weighted by Crippen LogP contribution is -2.23. The number of hydrogen-bond acceptors (Lipinski definition) is 4. The van der Waals surface area contributed by atoms with Crippen LogP contribution in [0.3, 0.4) is 0 Å². The SMILES string of the molecule is Cc1cc(CN2Cc3c(ccnc3NC(=O)C3CC3)C2=O)ccc1OCC(F)(F)F. The van der Waals surface area contributed by atoms with Crippen molar-refractivity contribution in [3.8, 4) is 5.75 Å². The van der Waals surface area contributed by atoms with Crippen LogP contribution in [0, 0.1) is 12.8 Å². The third kappa shape index (κ3) is 4.39. The highest BCUT2D eigenvalue weighted by Crippen LogP contribution is 2.33. The first kappa shape index (κ1) is 20.2. The van der Waals surface area contributed by atoms with Crippen LogP contribution in [0.4, 0.5) is 19.0 Å². The van der Waals surface area contributed by atoms with E-state index >= 15 is 0 Å². The predicted molar refractivity (Wildman–Crippen MR) is 102 cm³/mol. The molecule has 158 valence electrons. The van der Waals surface area contributed by atoms with Crippen LogP contribution in [0.1, 0.15) is 39.9 Å². The van der Waals surface area contributed by atoms with Crippen molar-refractivity contribution in [3.63, 3.8) is 0 Å². The van der Waals surface area contributed by atoms with Gasteiger partial charge in [0.25, 0.3) is 5.91 Å². The number of ether oxygens (including phenoxy) is 1. The molecule has 0 spiro atoms. The van der Waals surface area contributed by atoms with Gasteiger partial charge < -0.3 is 15.0 Å². The van der Waals surface area contributed by atoms with E-state index < -0.39 is 12.8 Å². The molecule has 30 heavy (non-hydrogen) atoms. The van der Waals surface area contributed by atoms with Gasteiger partial charge in [-0.1, -0.05) is 12.1 Å². The fraction of sp³-hybridized carbons (Fsp3) is 0.381. The lowest BCUT2D eigenvalue weighted by molar-refractivity contribution is -0.153. The molecule has 2 aliphatic rings. The maximum Gasteiger partial charge on any atom is 0.422 e. The molecule has 0 saturated heterocycles. The van der Waals surface area contributed by atoms with Crippen molar-refractivity contribution in [1.82, 2.24) is 9.88 Å². The number of nitrogens with zero attached hydrogens (tertiary/aromatic N) is 2. The molecular weight excluding hydrogens is 399 g/mol. The molecule has 1 aliphatic carbocycles. The Balaban J connectivity index is 1.46. The zero-order valence-electron chi connectivity index (χ0n) is 16.3. The Kier molecular flexibility index (Phi) is 5.13. The van der Waals surface area contributed by atoms with Crippen molar-refractivity contribution >= 4 is 17.6 Å². The largest absolute Gasteiger partial charge is 0.484 e. The van der Waals surface area contributed by atoms with Crippen LogP contribution in [-0.4, -0.2) is 34.5 Å². The van der Waals surface area contributed by atoms with Crippen molar-refractivity contribution < 1.29 is 27.5 Å². The molecule has 4 rings (SSSR count). The highest BCUT2D eigenvalue weighted by atomic mass is 19.4. The minimum atomic E-state index is -4.40. The minimum Gasteiger partial charge on any atom is -0.484 e. The number of anilines is 1. The van der Waals surface area contributed by atoms with E-state index in [-0.39, 0.29) is 30.0 Å². The molecule has 1 N–H and O–H groups in total. The summed E-state index contributed by atoms with van der Waals surface area (Å²) in [5.41, 5.74) is 2.50. The maximum atomic E-state index is 12.8. The number of benzene rings is 1. The molecule has 0 radical (unpaired) electrons. The van der Waals surface area contributed by atoms with E-state index in [0.29, 0.717) is 29.1 Å². The fourth-order valence-electron chi connectivity index (χ4n) is 3.44. The average molecular weight is 419 g/mol. The van der Waals surface area contributed by atoms with Gasteiger partial charge in [-0.15, -0.1) is 0 Å². The summed E-state index contributed by atoms with van der Waals surface area (Å²) in [6.45, 7) is 0.887. The van der Waals surface area contributed by atoms with Crippen LogP contribution < -0.4 is 10.1 Å². The van der Waals surface area contributed by atoms with Crippen LogP contribution in [0.15, 0.2) is 30.5 Å². The van der Waals surface area contributed by atoms with Crippen molar-refractivity contribution in [3.05, 3.63) is 52.7 Å². The van der Waals surface area contributed by atoms with Crippen LogP contribution in [-0.2, 0) is 17.9 Å². The molecule has 9 heteroatoms. The van der Waals surface area contributed by atoms with E-state index in [9.17, 15) is 22.8 Å². The number of alkyl halides is 3. The van der Waals surface area contributed by atoms with Gasteiger partial charge in [0.05, 0.1) is 6.54 Å². The van der Waals surface area contributed by atoms with Gasteiger partial charge in [-0.05, 0) is 43.0 Å². The third-order valence-electron chi connectivity index (χ3n) is 5.12. The fourth-order valence-corrected chi connectivity index (χ4v) is 3.44. The molecule has 1 aromatic carbocycles. The lowest BCUT2D eigenvalue weighted by Gasteiger charge is -2.17. The quantitative estimate of drug-likeness (QED) is 0.773. The van der Waals surface area contributed by atoms with Gasteiger partial charge in [-0.2, -0.15) is 13.2 Å². The Morgan fingerprint density at radius 2 is 2.07 bits per heavy atom. The third-order valence-corrected chi connectivity index (χ3v) is 5.12. The van der Waals surface area contributed by atoms with Gasteiger partial charge in [-0.3, -0.25) is 9.59 Å². The summed E-state index contributed by atoms with van der Waals surface area (Å²) in [5, 5.41) is 2.81. The second kappa shape index (κ2) is 7.62. The topological polar surface area (TPSA) is 71.5 Å². The second-order valence-corrected chi connectivity index (χ2v) is 7.61. The summed E-state index contributed by atoms with van der Waals surface area (Å²) >= 11 is 0. The number of pyridine rings is 1. The molecule has 0 atom stereocenters. The highest BCUT2D eigenvalue weighted by molar-refractivity contribution is 6.01. The lowest BCUT2D eigenvalue weighted by atomic mass is 10.1. The maximum absolute atomic E-state index is 12.8. The first-order chi connectivity index (χ1) is 14.2. The van der Waals surface area contributed by atoms with Gasteiger partial charge in [-0.25, -0.2) is 4.98 Å². The molecule has 0 unspecified atom stereocenters. The molecule has 1 aromatic heterocycles. The molecule has 2 amide bonds. The Morgan fingerprint density at radius 1 is 1.30 bits per heavy atom. The van der Waals surface area contributed by atoms with Crippen molar-refractivity contribution in [2.24, 2.45) is 5.92 Å². The van der Waals surface area contributed by atoms with E-state index in [1.54, 1.807) is 30.0 Å². The number of fused-ring (bicyclic) bond motifs is 1. The number of amides is 2. The van der Waals surface area contributed by atoms with Crippen LogP contribution in [0.2, 0.25) is 0 Å². The summed E-state index contributed by atoms with van der Waals surface area (Å²) in [7, 11) is 0. The number of carbonyl (C=O) groups excluding carboxylic acids is 2. The summed E-state index contributed by atoms with van der Waals surface area (Å²) in [4.78, 5) is 30.7. The Hall–Kier alpha value is -3.10. The van der Waals surface area contributed by atoms with Crippen LogP contribution >= 0.6 is 0 Å². The van der Waals surface area contributed by atoms with Gasteiger partial charge in [0.2, 0.25) is 5.91 Å². The number of hydrogen-bond donors (Lipinski definition) is 1. The smallest absolute Gasteiger partial charge is 0.422 e. The van der Waals surface area contributed by atoms with E-state index in [4.69, 9.17) is 4.74 Å². The van der Waals surface area contributed by atoms with Crippen molar-refractivity contribution in [2.75, 3.05) is 11.9 Å². The van der Waals surface area contributed by atoms with Gasteiger partial charge >= 0.3 is 6.18 Å². The molecule has 1 fully saturated rings. The Bertz CT molecular complexity index is 1000. The predicted octanol–water partition coefficient (Wildman–Crippen LogP) is 3.84. The highest BCUT2D eigenvalue weighted by Gasteiger charge is 2.34. The monoisotopic (exact) mass is 419 g/mol. The molecular formula is C21H20F3N3O3. The van der Waals surface area contributed by atoms with Crippen molar-refractivity contribution in [1.29, 1.82) is 0 Å². The van der Waals surface area contributed by atoms with Gasteiger partial charge in [0, 0.05) is 29.8 Å². The number of nitrogens with one attached hydrogen (secondary N) is 1. The molecule has 1 aliphatic heterocycles. The zero-order chi connectivity index (χ0) is 21.5. The van der Waals surface area contributed by atoms with Crippen molar-refractivity contribution in [2.45, 2.75) is 39.0 Å². The number of carbonyl (C=O) groups is 2. The van der Waals surface area contributed by atoms with E-state index in [0.717, 1.165) is 18.4 Å². The number of aryl methyl sites for hydroxylation is 1. The number of halogens is 3. The van der Waals surface area contributed by atoms with Gasteiger partial charge in [0.15, 0.2) is 6.61 Å². The Morgan fingerprint density at radius 3 is 2.73 bits per heavy atom. The summed E-state index contributed by atoms with van der Waals surface area (Å²) in [6, 6.07) is 6.45. The molecule has 1 saturated carbocycles. The zero-order valence-corrected chi connectivity index (χ0v) is 16.3. The normalized spacial score (nSPS) is 15.9. The summed E-state index contributed by atoms with van der Waals surface area (Å²) < 4.78 is 41.9. The molecule has 2 aromatic rings. The minimum absolute atomic E-state index is 0.0249. The molecule has 2 heterocycles. The number of aromatic nitrogens is 1. The standard InChI is InChI=1S/C21H20F3N3O3/c1-12-8-13(2-5-17(12)30-11-21(22,23)24)9-27-10-16-15(20(27)29)6-7-25-18(16)26-19(28)14-3-4-14/h2,5-8,14H,3-4,9-11H2,1H3,(H,25,26,28). The Labute approximate surface area is 171 Å². The summed E-state index contributed by atoms with van der Waals surface area (Å²) in [5.74, 6) is 0.335. The average Bonchev–Trinajstić information content (AvgIpc) is 3.47. The van der Waals surface area contributed by atoms with E-state index in [1.165, 1.54) is 12.3 Å². The van der Waals surface area contributed by atoms with Gasteiger partial charge in [0.1, 0.15) is 11.6 Å². The molecule has 0 bridgehead atoms. The summed E-state index contributed by atoms with van der Waals surface area (Å²) in [6.07, 6.45) is -1.17. The van der Waals surface area contributed by atoms with Crippen LogP contribution in [0.5, 0.6) is 5.75 Å². The van der Waals surface area contributed by atoms with E-state index in [2.05, 4.69) is 10.3 Å². The second-order valence-electron chi connectivity index (χ2n) is 7.61. The first-order valence-electron chi connectivity index (χ1n) is 9.58. The first-order valence-corrected chi connectivity index (χ1v) is 9.58.